The zero-order valence-electron chi connectivity index (χ0n) is 19.7. The van der Waals surface area contributed by atoms with Gasteiger partial charge in [-0.15, -0.1) is 0 Å². The molecule has 0 aliphatic carbocycles. The number of nitrogens with one attached hydrogen (secondary N) is 1. The number of rotatable bonds is 10. The summed E-state index contributed by atoms with van der Waals surface area (Å²) in [4.78, 5) is 23.2. The van der Waals surface area contributed by atoms with Crippen molar-refractivity contribution in [3.8, 4) is 5.88 Å². The lowest BCUT2D eigenvalue weighted by Gasteiger charge is -2.23. The maximum absolute atomic E-state index is 13.5. The van der Waals surface area contributed by atoms with Crippen LogP contribution in [0.1, 0.15) is 17.8 Å². The lowest BCUT2D eigenvalue weighted by molar-refractivity contribution is 0.202. The Labute approximate surface area is 212 Å². The van der Waals surface area contributed by atoms with Crippen LogP contribution >= 0.6 is 11.6 Å². The number of carbonyl (C=O) groups is 1. The summed E-state index contributed by atoms with van der Waals surface area (Å²) >= 11 is 5.83. The molecule has 2 aromatic carbocycles. The fourth-order valence-electron chi connectivity index (χ4n) is 3.73. The molecule has 2 heterocycles. The molecule has 4 aromatic rings. The maximum atomic E-state index is 13.5. The third-order valence-corrected chi connectivity index (χ3v) is 5.81. The molecule has 0 saturated heterocycles. The molecule has 0 saturated carbocycles. The van der Waals surface area contributed by atoms with E-state index < -0.39 is 5.82 Å². The molecule has 0 atom stereocenters. The first kappa shape index (κ1) is 25.3. The SMILES string of the molecule is Cn1cnc(COc2ncc(CCN(CCCO)C(=O)Nc3ccc(F)c(Cl)c3)c3ccccc23)n1. The second-order valence-corrected chi connectivity index (χ2v) is 8.54. The second kappa shape index (κ2) is 11.8. The van der Waals surface area contributed by atoms with Crippen LogP contribution in [-0.2, 0) is 20.1 Å². The van der Waals surface area contributed by atoms with E-state index in [1.165, 1.54) is 18.2 Å². The molecule has 2 aromatic heterocycles. The normalized spacial score (nSPS) is 11.0. The van der Waals surface area contributed by atoms with Crippen molar-refractivity contribution >= 4 is 34.1 Å². The van der Waals surface area contributed by atoms with E-state index in [4.69, 9.17) is 16.3 Å². The van der Waals surface area contributed by atoms with Crippen molar-refractivity contribution in [2.24, 2.45) is 7.05 Å². The van der Waals surface area contributed by atoms with Crippen LogP contribution in [0, 0.1) is 5.82 Å². The van der Waals surface area contributed by atoms with Crippen molar-refractivity contribution in [3.05, 3.63) is 77.2 Å². The number of halogens is 2. The quantitative estimate of drug-likeness (QED) is 0.330. The highest BCUT2D eigenvalue weighted by Crippen LogP contribution is 2.27. The molecule has 4 rings (SSSR count). The molecular weight excluding hydrogens is 487 g/mol. The van der Waals surface area contributed by atoms with Gasteiger partial charge in [-0.2, -0.15) is 5.10 Å². The Hall–Kier alpha value is -3.76. The average Bonchev–Trinajstić information content (AvgIpc) is 3.30. The van der Waals surface area contributed by atoms with Crippen LogP contribution < -0.4 is 10.1 Å². The van der Waals surface area contributed by atoms with Crippen molar-refractivity contribution in [2.45, 2.75) is 19.4 Å². The molecule has 0 aliphatic heterocycles. The second-order valence-electron chi connectivity index (χ2n) is 8.13. The Balaban J connectivity index is 1.48. The number of anilines is 1. The van der Waals surface area contributed by atoms with Gasteiger partial charge in [0.15, 0.2) is 12.4 Å². The fraction of sp³-hybridized carbons (Fsp3) is 0.280. The number of amides is 2. The Morgan fingerprint density at radius 3 is 2.72 bits per heavy atom. The highest BCUT2D eigenvalue weighted by Gasteiger charge is 2.16. The number of ether oxygens (including phenoxy) is 1. The highest BCUT2D eigenvalue weighted by molar-refractivity contribution is 6.31. The minimum absolute atomic E-state index is 0.0478. The van der Waals surface area contributed by atoms with Crippen LogP contribution in [0.4, 0.5) is 14.9 Å². The van der Waals surface area contributed by atoms with Crippen molar-refractivity contribution < 1.29 is 19.0 Å². The smallest absolute Gasteiger partial charge is 0.321 e. The van der Waals surface area contributed by atoms with E-state index in [1.807, 2.05) is 24.3 Å². The molecule has 0 aliphatic rings. The van der Waals surface area contributed by atoms with E-state index in [0.29, 0.717) is 43.3 Å². The molecule has 0 unspecified atom stereocenters. The molecule has 11 heteroatoms. The summed E-state index contributed by atoms with van der Waals surface area (Å²) in [5.41, 5.74) is 1.33. The summed E-state index contributed by atoms with van der Waals surface area (Å²) in [5, 5.41) is 18.0. The predicted molar refractivity (Wildman–Crippen MR) is 134 cm³/mol. The van der Waals surface area contributed by atoms with Crippen LogP contribution in [0.2, 0.25) is 5.02 Å². The molecular formula is C25H26ClFN6O3. The lowest BCUT2D eigenvalue weighted by atomic mass is 10.0. The number of aryl methyl sites for hydroxylation is 1. The summed E-state index contributed by atoms with van der Waals surface area (Å²) in [5.74, 6) is 0.472. The van der Waals surface area contributed by atoms with Crippen molar-refractivity contribution in [1.29, 1.82) is 0 Å². The number of benzene rings is 2. The standard InChI is InChI=1S/C25H26ClFN6O3/c1-32-16-29-23(31-32)15-36-24-20-6-3-2-5-19(20)17(14-28-24)9-11-33(10-4-12-34)25(35)30-18-7-8-22(27)21(26)13-18/h2-3,5-8,13-14,16,34H,4,9-12,15H2,1H3,(H,30,35). The lowest BCUT2D eigenvalue weighted by Crippen LogP contribution is -2.37. The highest BCUT2D eigenvalue weighted by atomic mass is 35.5. The van der Waals surface area contributed by atoms with Crippen LogP contribution in [0.15, 0.2) is 55.0 Å². The molecule has 2 N–H and O–H groups in total. The number of aliphatic hydroxyl groups is 1. The molecule has 2 amide bonds. The van der Waals surface area contributed by atoms with Crippen LogP contribution in [0.25, 0.3) is 10.8 Å². The zero-order valence-corrected chi connectivity index (χ0v) is 20.5. The first-order chi connectivity index (χ1) is 17.4. The van der Waals surface area contributed by atoms with Crippen LogP contribution in [0.5, 0.6) is 5.88 Å². The van der Waals surface area contributed by atoms with Gasteiger partial charge in [0.25, 0.3) is 0 Å². The Morgan fingerprint density at radius 2 is 2.00 bits per heavy atom. The minimum atomic E-state index is -0.560. The van der Waals surface area contributed by atoms with E-state index in [2.05, 4.69) is 20.4 Å². The van der Waals surface area contributed by atoms with E-state index in [9.17, 15) is 14.3 Å². The van der Waals surface area contributed by atoms with Gasteiger partial charge in [0.05, 0.1) is 5.02 Å². The summed E-state index contributed by atoms with van der Waals surface area (Å²) in [7, 11) is 1.79. The number of aromatic nitrogens is 4. The topological polar surface area (TPSA) is 105 Å². The van der Waals surface area contributed by atoms with Gasteiger partial charge in [-0.3, -0.25) is 4.68 Å². The van der Waals surface area contributed by atoms with Crippen molar-refractivity contribution in [3.63, 3.8) is 0 Å². The van der Waals surface area contributed by atoms with Crippen LogP contribution in [-0.4, -0.2) is 55.5 Å². The summed E-state index contributed by atoms with van der Waals surface area (Å²) in [6.07, 6.45) is 4.30. The summed E-state index contributed by atoms with van der Waals surface area (Å²) in [6, 6.07) is 11.4. The Bertz CT molecular complexity index is 1350. The van der Waals surface area contributed by atoms with Gasteiger partial charge in [0.1, 0.15) is 12.1 Å². The molecule has 0 radical (unpaired) electrons. The number of hydrogen-bond acceptors (Lipinski definition) is 6. The van der Waals surface area contributed by atoms with Gasteiger partial charge >= 0.3 is 6.03 Å². The Kier molecular flexibility index (Phi) is 8.29. The van der Waals surface area contributed by atoms with Crippen molar-refractivity contribution in [1.82, 2.24) is 24.6 Å². The van der Waals surface area contributed by atoms with Gasteiger partial charge in [-0.1, -0.05) is 29.8 Å². The molecule has 188 valence electrons. The number of hydrogen-bond donors (Lipinski definition) is 2. The number of nitrogens with zero attached hydrogens (tertiary/aromatic N) is 5. The predicted octanol–water partition coefficient (Wildman–Crippen LogP) is 4.19. The average molecular weight is 513 g/mol. The molecule has 0 bridgehead atoms. The molecule has 36 heavy (non-hydrogen) atoms. The number of aliphatic hydroxyl groups excluding tert-OH is 1. The monoisotopic (exact) mass is 512 g/mol. The fourth-order valence-corrected chi connectivity index (χ4v) is 3.91. The van der Waals surface area contributed by atoms with E-state index in [1.54, 1.807) is 29.2 Å². The number of urea groups is 1. The van der Waals surface area contributed by atoms with Gasteiger partial charge in [0.2, 0.25) is 5.88 Å². The number of pyridine rings is 1. The van der Waals surface area contributed by atoms with Gasteiger partial charge in [0, 0.05) is 44.0 Å². The first-order valence-electron chi connectivity index (χ1n) is 11.4. The molecule has 0 fully saturated rings. The number of fused-ring (bicyclic) bond motifs is 1. The van der Waals surface area contributed by atoms with Gasteiger partial charge < -0.3 is 20.1 Å². The van der Waals surface area contributed by atoms with Gasteiger partial charge in [-0.05, 0) is 48.1 Å². The minimum Gasteiger partial charge on any atom is -0.469 e. The third-order valence-electron chi connectivity index (χ3n) is 5.52. The number of carbonyl (C=O) groups excluding carboxylic acids is 1. The Morgan fingerprint density at radius 1 is 1.19 bits per heavy atom. The van der Waals surface area contributed by atoms with Crippen molar-refractivity contribution in [2.75, 3.05) is 25.0 Å². The first-order valence-corrected chi connectivity index (χ1v) is 11.8. The molecule has 0 spiro atoms. The largest absolute Gasteiger partial charge is 0.469 e. The zero-order chi connectivity index (χ0) is 25.5. The third kappa shape index (κ3) is 6.27. The van der Waals surface area contributed by atoms with E-state index in [-0.39, 0.29) is 24.3 Å². The summed E-state index contributed by atoms with van der Waals surface area (Å²) in [6.45, 7) is 0.874. The summed E-state index contributed by atoms with van der Waals surface area (Å²) < 4.78 is 21.0. The van der Waals surface area contributed by atoms with E-state index in [0.717, 1.165) is 16.3 Å². The van der Waals surface area contributed by atoms with E-state index >= 15 is 0 Å². The maximum Gasteiger partial charge on any atom is 0.321 e. The molecule has 9 nitrogen and oxygen atoms in total. The van der Waals surface area contributed by atoms with Crippen LogP contribution in [0.3, 0.4) is 0 Å². The van der Waals surface area contributed by atoms with Gasteiger partial charge in [-0.25, -0.2) is 19.2 Å².